The molecular formula is C18H34O6S. The van der Waals surface area contributed by atoms with E-state index in [1.54, 1.807) is 0 Å². The van der Waals surface area contributed by atoms with E-state index in [1.165, 1.54) is 44.9 Å². The normalized spacial score (nSPS) is 12.8. The van der Waals surface area contributed by atoms with Gasteiger partial charge in [-0.1, -0.05) is 77.6 Å². The highest BCUT2D eigenvalue weighted by Gasteiger charge is 2.33. The molecule has 0 saturated heterocycles. The molecule has 0 aliphatic heterocycles. The molecule has 0 bridgehead atoms. The molecule has 0 heterocycles. The Labute approximate surface area is 151 Å². The van der Waals surface area contributed by atoms with Crippen LogP contribution in [0.25, 0.3) is 0 Å². The van der Waals surface area contributed by atoms with Crippen LogP contribution in [0.5, 0.6) is 0 Å². The summed E-state index contributed by atoms with van der Waals surface area (Å²) in [7, 11) is -3.91. The number of unbranched alkanes of at least 4 members (excludes halogenated alkanes) is 11. The standard InChI is InChI=1S/C18H34O6S/c1-2-3-4-5-6-7-8-9-10-11-12-13-14-25(23,24)16(18(21)22)15-17(19)20/h16H,2-15H2,1H3,(H,19,20)(H,21,22). The molecule has 0 fully saturated rings. The molecule has 1 unspecified atom stereocenters. The number of carbonyl (C=O) groups is 2. The maximum atomic E-state index is 11.9. The summed E-state index contributed by atoms with van der Waals surface area (Å²) in [5, 5.41) is 15.7. The van der Waals surface area contributed by atoms with E-state index in [0.29, 0.717) is 6.42 Å². The van der Waals surface area contributed by atoms with Gasteiger partial charge in [-0.25, -0.2) is 8.42 Å². The SMILES string of the molecule is CCCCCCCCCCCCCCS(=O)(=O)C(CC(=O)O)C(=O)O. The van der Waals surface area contributed by atoms with E-state index in [-0.39, 0.29) is 5.75 Å². The van der Waals surface area contributed by atoms with Crippen LogP contribution < -0.4 is 0 Å². The van der Waals surface area contributed by atoms with Gasteiger partial charge in [0.05, 0.1) is 12.2 Å². The van der Waals surface area contributed by atoms with Gasteiger partial charge in [-0.05, 0) is 6.42 Å². The van der Waals surface area contributed by atoms with Crippen LogP contribution in [0, 0.1) is 0 Å². The average Bonchev–Trinajstić information content (AvgIpc) is 2.53. The first-order valence-corrected chi connectivity index (χ1v) is 11.2. The second-order valence-electron chi connectivity index (χ2n) is 6.68. The highest BCUT2D eigenvalue weighted by molar-refractivity contribution is 7.92. The predicted molar refractivity (Wildman–Crippen MR) is 98.5 cm³/mol. The van der Waals surface area contributed by atoms with Crippen LogP contribution in [-0.4, -0.2) is 41.6 Å². The Balaban J connectivity index is 3.75. The largest absolute Gasteiger partial charge is 0.481 e. The van der Waals surface area contributed by atoms with Crippen molar-refractivity contribution >= 4 is 21.8 Å². The lowest BCUT2D eigenvalue weighted by Crippen LogP contribution is -2.34. The summed E-state index contributed by atoms with van der Waals surface area (Å²) in [6, 6.07) is 0. The second-order valence-corrected chi connectivity index (χ2v) is 8.98. The van der Waals surface area contributed by atoms with Gasteiger partial charge in [0.2, 0.25) is 0 Å². The molecule has 7 heteroatoms. The van der Waals surface area contributed by atoms with Crippen molar-refractivity contribution in [2.24, 2.45) is 0 Å². The van der Waals surface area contributed by atoms with Crippen molar-refractivity contribution in [1.82, 2.24) is 0 Å². The highest BCUT2D eigenvalue weighted by atomic mass is 32.2. The van der Waals surface area contributed by atoms with Crippen molar-refractivity contribution < 1.29 is 28.2 Å². The molecule has 0 aliphatic rings. The van der Waals surface area contributed by atoms with Crippen molar-refractivity contribution in [2.75, 3.05) is 5.75 Å². The molecule has 6 nitrogen and oxygen atoms in total. The maximum absolute atomic E-state index is 11.9. The Kier molecular flexibility index (Phi) is 13.5. The van der Waals surface area contributed by atoms with Gasteiger partial charge in [0.25, 0.3) is 0 Å². The van der Waals surface area contributed by atoms with Gasteiger partial charge in [0.1, 0.15) is 0 Å². The molecule has 0 saturated carbocycles. The zero-order valence-corrected chi connectivity index (χ0v) is 16.2. The lowest BCUT2D eigenvalue weighted by molar-refractivity contribution is -0.143. The van der Waals surface area contributed by atoms with Gasteiger partial charge in [0, 0.05) is 0 Å². The van der Waals surface area contributed by atoms with Gasteiger partial charge in [-0.2, -0.15) is 0 Å². The van der Waals surface area contributed by atoms with Crippen molar-refractivity contribution in [3.8, 4) is 0 Å². The number of aliphatic carboxylic acids is 2. The zero-order valence-electron chi connectivity index (χ0n) is 15.4. The summed E-state index contributed by atoms with van der Waals surface area (Å²) < 4.78 is 23.9. The molecule has 0 amide bonds. The topological polar surface area (TPSA) is 109 Å². The first-order valence-electron chi connectivity index (χ1n) is 9.47. The fourth-order valence-corrected chi connectivity index (χ4v) is 4.41. The smallest absolute Gasteiger partial charge is 0.322 e. The molecule has 0 aliphatic carbocycles. The lowest BCUT2D eigenvalue weighted by Gasteiger charge is -2.11. The van der Waals surface area contributed by atoms with E-state index in [0.717, 1.165) is 25.7 Å². The molecule has 0 spiro atoms. The van der Waals surface area contributed by atoms with E-state index in [9.17, 15) is 18.0 Å². The summed E-state index contributed by atoms with van der Waals surface area (Å²) in [4.78, 5) is 21.6. The Morgan fingerprint density at radius 1 is 0.760 bits per heavy atom. The highest BCUT2D eigenvalue weighted by Crippen LogP contribution is 2.14. The Morgan fingerprint density at radius 3 is 1.52 bits per heavy atom. The number of hydrogen-bond donors (Lipinski definition) is 2. The number of hydrogen-bond acceptors (Lipinski definition) is 4. The van der Waals surface area contributed by atoms with Crippen LogP contribution in [0.2, 0.25) is 0 Å². The fourth-order valence-electron chi connectivity index (χ4n) is 2.81. The van der Waals surface area contributed by atoms with E-state index in [2.05, 4.69) is 6.92 Å². The van der Waals surface area contributed by atoms with Crippen molar-refractivity contribution in [2.45, 2.75) is 95.6 Å². The summed E-state index contributed by atoms with van der Waals surface area (Å²) >= 11 is 0. The van der Waals surface area contributed by atoms with Crippen LogP contribution in [-0.2, 0) is 19.4 Å². The molecule has 25 heavy (non-hydrogen) atoms. The number of carboxylic acids is 2. The summed E-state index contributed by atoms with van der Waals surface area (Å²) in [6.45, 7) is 2.21. The molecular weight excluding hydrogens is 344 g/mol. The third-order valence-electron chi connectivity index (χ3n) is 4.35. The van der Waals surface area contributed by atoms with Gasteiger partial charge < -0.3 is 10.2 Å². The minimum atomic E-state index is -3.91. The monoisotopic (exact) mass is 378 g/mol. The minimum absolute atomic E-state index is 0.255. The molecule has 148 valence electrons. The van der Waals surface area contributed by atoms with Crippen molar-refractivity contribution in [3.05, 3.63) is 0 Å². The summed E-state index contributed by atoms with van der Waals surface area (Å²) in [5.41, 5.74) is 0. The number of sulfone groups is 1. The minimum Gasteiger partial charge on any atom is -0.481 e. The molecule has 0 rings (SSSR count). The lowest BCUT2D eigenvalue weighted by atomic mass is 10.1. The number of carboxylic acid groups (broad SMARTS) is 2. The van der Waals surface area contributed by atoms with Crippen LogP contribution in [0.15, 0.2) is 0 Å². The van der Waals surface area contributed by atoms with Gasteiger partial charge in [-0.3, -0.25) is 9.59 Å². The molecule has 0 radical (unpaired) electrons. The second kappa shape index (κ2) is 14.1. The maximum Gasteiger partial charge on any atom is 0.322 e. The fraction of sp³-hybridized carbons (Fsp3) is 0.889. The third-order valence-corrected chi connectivity index (χ3v) is 6.44. The zero-order chi connectivity index (χ0) is 19.1. The quantitative estimate of drug-likeness (QED) is 0.370. The van der Waals surface area contributed by atoms with Gasteiger partial charge >= 0.3 is 11.9 Å². The van der Waals surface area contributed by atoms with Crippen LogP contribution in [0.4, 0.5) is 0 Å². The van der Waals surface area contributed by atoms with Crippen LogP contribution in [0.1, 0.15) is 90.4 Å². The summed E-state index contributed by atoms with van der Waals surface area (Å²) in [5.74, 6) is -3.25. The van der Waals surface area contributed by atoms with Gasteiger partial charge in [0.15, 0.2) is 15.1 Å². The van der Waals surface area contributed by atoms with E-state index in [1.807, 2.05) is 0 Å². The van der Waals surface area contributed by atoms with E-state index in [4.69, 9.17) is 10.2 Å². The Morgan fingerprint density at radius 2 is 1.16 bits per heavy atom. The van der Waals surface area contributed by atoms with Gasteiger partial charge in [-0.15, -0.1) is 0 Å². The third kappa shape index (κ3) is 12.8. The molecule has 0 aromatic heterocycles. The Hall–Kier alpha value is -1.11. The average molecular weight is 379 g/mol. The summed E-state index contributed by atoms with van der Waals surface area (Å²) in [6.07, 6.45) is 12.4. The van der Waals surface area contributed by atoms with Crippen LogP contribution >= 0.6 is 0 Å². The molecule has 0 aromatic rings. The molecule has 1 atom stereocenters. The molecule has 2 N–H and O–H groups in total. The van der Waals surface area contributed by atoms with Crippen LogP contribution in [0.3, 0.4) is 0 Å². The first kappa shape index (κ1) is 23.9. The predicted octanol–water partition coefficient (Wildman–Crippen LogP) is 4.03. The Bertz CT molecular complexity index is 472. The molecule has 0 aromatic carbocycles. The van der Waals surface area contributed by atoms with Crippen molar-refractivity contribution in [1.29, 1.82) is 0 Å². The van der Waals surface area contributed by atoms with E-state index >= 15 is 0 Å². The first-order chi connectivity index (χ1) is 11.8. The van der Waals surface area contributed by atoms with E-state index < -0.39 is 33.4 Å². The van der Waals surface area contributed by atoms with Crippen molar-refractivity contribution in [3.63, 3.8) is 0 Å². The number of rotatable bonds is 17.